The van der Waals surface area contributed by atoms with Crippen LogP contribution in [-0.2, 0) is 11.3 Å². The van der Waals surface area contributed by atoms with Crippen LogP contribution in [0.3, 0.4) is 0 Å². The number of nitrogens with zero attached hydrogens (tertiary/aromatic N) is 1. The van der Waals surface area contributed by atoms with E-state index in [4.69, 9.17) is 0 Å². The van der Waals surface area contributed by atoms with E-state index in [2.05, 4.69) is 10.3 Å². The number of carbonyl (C=O) groups is 2. The maximum atomic E-state index is 12.7. The average molecular weight is 339 g/mol. The van der Waals surface area contributed by atoms with Crippen molar-refractivity contribution in [1.29, 1.82) is 0 Å². The van der Waals surface area contributed by atoms with E-state index in [9.17, 15) is 14.4 Å². The van der Waals surface area contributed by atoms with Gasteiger partial charge in [-0.3, -0.25) is 14.4 Å². The van der Waals surface area contributed by atoms with Crippen LogP contribution < -0.4 is 10.9 Å². The standard InChI is InChI=1S/C19H21N3O3/c1-13-15(9-10-17(23)20-13)18(24)21-16-8-5-11-22(19(16)25)12-14-6-3-2-4-7-14/h2-4,6-7,9-10,16H,5,8,11-12H2,1H3,(H,20,23)(H,21,24)/t16-/m0/s1. The minimum Gasteiger partial charge on any atom is -0.340 e. The van der Waals surface area contributed by atoms with Gasteiger partial charge in [-0.2, -0.15) is 0 Å². The van der Waals surface area contributed by atoms with Crippen LogP contribution in [0.25, 0.3) is 0 Å². The number of hydrogen-bond donors (Lipinski definition) is 2. The molecule has 2 aromatic rings. The number of pyridine rings is 1. The van der Waals surface area contributed by atoms with Crippen LogP contribution in [0.2, 0.25) is 0 Å². The van der Waals surface area contributed by atoms with Crippen LogP contribution in [0.1, 0.15) is 34.5 Å². The molecule has 0 saturated carbocycles. The van der Waals surface area contributed by atoms with Crippen LogP contribution in [-0.4, -0.2) is 34.3 Å². The van der Waals surface area contributed by atoms with Crippen molar-refractivity contribution in [3.63, 3.8) is 0 Å². The summed E-state index contributed by atoms with van der Waals surface area (Å²) in [4.78, 5) is 40.8. The minimum atomic E-state index is -0.531. The third-order valence-electron chi connectivity index (χ3n) is 4.41. The quantitative estimate of drug-likeness (QED) is 0.888. The normalized spacial score (nSPS) is 17.4. The summed E-state index contributed by atoms with van der Waals surface area (Å²) in [7, 11) is 0. The Morgan fingerprint density at radius 1 is 1.20 bits per heavy atom. The zero-order chi connectivity index (χ0) is 17.8. The summed E-state index contributed by atoms with van der Waals surface area (Å²) in [5.74, 6) is -0.404. The second kappa shape index (κ2) is 7.34. The fraction of sp³-hybridized carbons (Fsp3) is 0.316. The molecule has 0 bridgehead atoms. The van der Waals surface area contributed by atoms with Crippen molar-refractivity contribution in [3.8, 4) is 0 Å². The first kappa shape index (κ1) is 17.0. The van der Waals surface area contributed by atoms with E-state index in [0.717, 1.165) is 12.0 Å². The Labute approximate surface area is 145 Å². The van der Waals surface area contributed by atoms with Crippen LogP contribution >= 0.6 is 0 Å². The van der Waals surface area contributed by atoms with Crippen LogP contribution in [0, 0.1) is 6.92 Å². The summed E-state index contributed by atoms with van der Waals surface area (Å²) in [5.41, 5.74) is 1.69. The number of amides is 2. The minimum absolute atomic E-state index is 0.0643. The molecule has 25 heavy (non-hydrogen) atoms. The van der Waals surface area contributed by atoms with Crippen molar-refractivity contribution in [2.75, 3.05) is 6.54 Å². The highest BCUT2D eigenvalue weighted by molar-refractivity contribution is 5.98. The molecule has 6 nitrogen and oxygen atoms in total. The van der Waals surface area contributed by atoms with Crippen LogP contribution in [0.5, 0.6) is 0 Å². The number of nitrogens with one attached hydrogen (secondary N) is 2. The monoisotopic (exact) mass is 339 g/mol. The molecule has 2 heterocycles. The van der Waals surface area contributed by atoms with Gasteiger partial charge in [0.15, 0.2) is 0 Å². The predicted molar refractivity (Wildman–Crippen MR) is 94.1 cm³/mol. The van der Waals surface area contributed by atoms with Gasteiger partial charge < -0.3 is 15.2 Å². The van der Waals surface area contributed by atoms with Gasteiger partial charge in [0, 0.05) is 24.8 Å². The molecule has 1 saturated heterocycles. The number of hydrogen-bond acceptors (Lipinski definition) is 3. The summed E-state index contributed by atoms with van der Waals surface area (Å²) in [6.07, 6.45) is 1.46. The van der Waals surface area contributed by atoms with E-state index >= 15 is 0 Å². The van der Waals surface area contributed by atoms with E-state index < -0.39 is 6.04 Å². The van der Waals surface area contributed by atoms with Crippen molar-refractivity contribution in [2.45, 2.75) is 32.4 Å². The van der Waals surface area contributed by atoms with Gasteiger partial charge in [0.1, 0.15) is 6.04 Å². The van der Waals surface area contributed by atoms with Gasteiger partial charge in [0.05, 0.1) is 5.56 Å². The lowest BCUT2D eigenvalue weighted by Crippen LogP contribution is -2.52. The van der Waals surface area contributed by atoms with Gasteiger partial charge in [-0.15, -0.1) is 0 Å². The number of rotatable bonds is 4. The summed E-state index contributed by atoms with van der Waals surface area (Å²) in [5, 5.41) is 2.81. The molecule has 1 aromatic heterocycles. The Hall–Kier alpha value is -2.89. The van der Waals surface area contributed by atoms with E-state index in [0.29, 0.717) is 30.8 Å². The summed E-state index contributed by atoms with van der Waals surface area (Å²) >= 11 is 0. The third-order valence-corrected chi connectivity index (χ3v) is 4.41. The van der Waals surface area contributed by atoms with Gasteiger partial charge in [-0.25, -0.2) is 0 Å². The highest BCUT2D eigenvalue weighted by Gasteiger charge is 2.30. The number of aryl methyl sites for hydroxylation is 1. The van der Waals surface area contributed by atoms with Crippen LogP contribution in [0.15, 0.2) is 47.3 Å². The smallest absolute Gasteiger partial charge is 0.253 e. The van der Waals surface area contributed by atoms with Gasteiger partial charge >= 0.3 is 0 Å². The second-order valence-corrected chi connectivity index (χ2v) is 6.27. The fourth-order valence-corrected chi connectivity index (χ4v) is 3.09. The van der Waals surface area contributed by atoms with Crippen molar-refractivity contribution >= 4 is 11.8 Å². The number of aromatic nitrogens is 1. The number of carbonyl (C=O) groups excluding carboxylic acids is 2. The molecule has 1 aliphatic heterocycles. The zero-order valence-electron chi connectivity index (χ0n) is 14.1. The van der Waals surface area contributed by atoms with Crippen molar-refractivity contribution in [3.05, 3.63) is 69.6 Å². The first-order valence-electron chi connectivity index (χ1n) is 8.38. The number of aromatic amines is 1. The van der Waals surface area contributed by atoms with Crippen molar-refractivity contribution < 1.29 is 9.59 Å². The molecule has 2 N–H and O–H groups in total. The Morgan fingerprint density at radius 2 is 1.96 bits per heavy atom. The van der Waals surface area contributed by atoms with Gasteiger partial charge in [0.2, 0.25) is 11.5 Å². The van der Waals surface area contributed by atoms with E-state index in [1.165, 1.54) is 12.1 Å². The lowest BCUT2D eigenvalue weighted by Gasteiger charge is -2.32. The molecule has 1 atom stereocenters. The molecule has 2 amide bonds. The van der Waals surface area contributed by atoms with Gasteiger partial charge in [-0.05, 0) is 31.4 Å². The highest BCUT2D eigenvalue weighted by atomic mass is 16.2. The average Bonchev–Trinajstić information content (AvgIpc) is 2.59. The molecule has 0 unspecified atom stereocenters. The maximum absolute atomic E-state index is 12.7. The van der Waals surface area contributed by atoms with Crippen LogP contribution in [0.4, 0.5) is 0 Å². The molecule has 0 spiro atoms. The fourth-order valence-electron chi connectivity index (χ4n) is 3.09. The molecular formula is C19H21N3O3. The van der Waals surface area contributed by atoms with E-state index in [-0.39, 0.29) is 17.4 Å². The second-order valence-electron chi connectivity index (χ2n) is 6.27. The topological polar surface area (TPSA) is 82.3 Å². The zero-order valence-corrected chi connectivity index (χ0v) is 14.1. The Kier molecular flexibility index (Phi) is 4.97. The van der Waals surface area contributed by atoms with Gasteiger partial charge in [0.25, 0.3) is 5.91 Å². The Bertz CT molecular complexity index is 829. The Balaban J connectivity index is 1.68. The summed E-state index contributed by atoms with van der Waals surface area (Å²) in [6.45, 7) is 2.90. The molecule has 6 heteroatoms. The molecule has 0 aliphatic carbocycles. The number of piperidine rings is 1. The molecule has 1 aromatic carbocycles. The lowest BCUT2D eigenvalue weighted by atomic mass is 10.0. The molecule has 3 rings (SSSR count). The molecule has 130 valence electrons. The Morgan fingerprint density at radius 3 is 2.68 bits per heavy atom. The molecular weight excluding hydrogens is 318 g/mol. The predicted octanol–water partition coefficient (Wildman–Crippen LogP) is 1.60. The SMILES string of the molecule is Cc1[nH]c(=O)ccc1C(=O)N[C@H]1CCCN(Cc2ccccc2)C1=O. The van der Waals surface area contributed by atoms with Gasteiger partial charge in [-0.1, -0.05) is 30.3 Å². The first-order valence-corrected chi connectivity index (χ1v) is 8.38. The molecule has 1 aliphatic rings. The number of H-pyrrole nitrogens is 1. The molecule has 0 radical (unpaired) electrons. The van der Waals surface area contributed by atoms with E-state index in [1.54, 1.807) is 11.8 Å². The number of likely N-dealkylation sites (tertiary alicyclic amines) is 1. The lowest BCUT2D eigenvalue weighted by molar-refractivity contribution is -0.136. The van der Waals surface area contributed by atoms with Crippen molar-refractivity contribution in [2.24, 2.45) is 0 Å². The number of benzene rings is 1. The first-order chi connectivity index (χ1) is 12.0. The van der Waals surface area contributed by atoms with E-state index in [1.807, 2.05) is 30.3 Å². The summed E-state index contributed by atoms with van der Waals surface area (Å²) in [6, 6.07) is 12.1. The maximum Gasteiger partial charge on any atom is 0.253 e. The van der Waals surface area contributed by atoms with Crippen molar-refractivity contribution in [1.82, 2.24) is 15.2 Å². The molecule has 1 fully saturated rings. The summed E-state index contributed by atoms with van der Waals surface area (Å²) < 4.78 is 0. The highest BCUT2D eigenvalue weighted by Crippen LogP contribution is 2.16. The largest absolute Gasteiger partial charge is 0.340 e. The third kappa shape index (κ3) is 3.96.